The highest BCUT2D eigenvalue weighted by Gasteiger charge is 2.33. The Hall–Kier alpha value is -3.20. The summed E-state index contributed by atoms with van der Waals surface area (Å²) in [5, 5.41) is 0. The third-order valence-corrected chi connectivity index (χ3v) is 3.86. The quantitative estimate of drug-likeness (QED) is 0.545. The van der Waals surface area contributed by atoms with Crippen LogP contribution in [-0.2, 0) is 42.9 Å². The Morgan fingerprint density at radius 2 is 1.00 bits per heavy atom. The Balaban J connectivity index is 2.21. The van der Waals surface area contributed by atoms with E-state index in [1.54, 1.807) is 0 Å². The van der Waals surface area contributed by atoms with Gasteiger partial charge in [-0.3, -0.25) is 19.2 Å². The second-order valence-electron chi connectivity index (χ2n) is 5.33. The minimum Gasteiger partial charge on any atom is -0.492 e. The second kappa shape index (κ2) is 8.45. The largest absolute Gasteiger partial charge is 0.492 e. The fourth-order valence-electron chi connectivity index (χ4n) is 2.57. The summed E-state index contributed by atoms with van der Waals surface area (Å²) >= 11 is 0. The Morgan fingerprint density at radius 1 is 0.630 bits per heavy atom. The van der Waals surface area contributed by atoms with Gasteiger partial charge < -0.3 is 23.7 Å². The van der Waals surface area contributed by atoms with Crippen molar-refractivity contribution in [2.75, 3.05) is 41.7 Å². The number of carbonyl (C=O) groups excluding carboxylic acids is 4. The Labute approximate surface area is 154 Å². The molecule has 0 unspecified atom stereocenters. The van der Waals surface area contributed by atoms with Crippen molar-refractivity contribution in [1.82, 2.24) is 0 Å². The van der Waals surface area contributed by atoms with Gasteiger partial charge in [-0.25, -0.2) is 0 Å². The lowest BCUT2D eigenvalue weighted by Crippen LogP contribution is -2.27. The van der Waals surface area contributed by atoms with Crippen molar-refractivity contribution < 1.29 is 42.9 Å². The minimum absolute atomic E-state index is 0.0569. The molecule has 9 heteroatoms. The molecule has 9 nitrogen and oxygen atoms in total. The van der Waals surface area contributed by atoms with Gasteiger partial charge in [0.25, 0.3) is 0 Å². The molecule has 0 saturated heterocycles. The van der Waals surface area contributed by atoms with E-state index in [4.69, 9.17) is 23.7 Å². The molecular formula is C18H18O9. The number of rotatable bonds is 8. The average Bonchev–Trinajstić information content (AvgIpc) is 2.66. The number of Topliss-reactive ketones (excluding diaryl/α,β-unsaturated/α-hetero) is 2. The zero-order valence-electron chi connectivity index (χ0n) is 15.2. The number of allylic oxidation sites excluding steroid dienone is 4. The first-order valence-electron chi connectivity index (χ1n) is 7.71. The van der Waals surface area contributed by atoms with E-state index in [0.29, 0.717) is 0 Å². The van der Waals surface area contributed by atoms with Crippen LogP contribution in [0.5, 0.6) is 0 Å². The predicted molar refractivity (Wildman–Crippen MR) is 89.1 cm³/mol. The van der Waals surface area contributed by atoms with Gasteiger partial charge in [0.2, 0.25) is 23.1 Å². The van der Waals surface area contributed by atoms with Gasteiger partial charge in [-0.1, -0.05) is 0 Å². The van der Waals surface area contributed by atoms with Crippen LogP contribution in [0.1, 0.15) is 0 Å². The van der Waals surface area contributed by atoms with Crippen LogP contribution in [0.2, 0.25) is 0 Å². The normalized spacial score (nSPS) is 17.8. The molecule has 0 fully saturated rings. The number of methoxy groups -OCH3 is 4. The lowest BCUT2D eigenvalue weighted by atomic mass is 9.99. The molecule has 27 heavy (non-hydrogen) atoms. The third-order valence-electron chi connectivity index (χ3n) is 3.86. The van der Waals surface area contributed by atoms with Gasteiger partial charge >= 0.3 is 0 Å². The van der Waals surface area contributed by atoms with E-state index in [9.17, 15) is 19.2 Å². The smallest absolute Gasteiger partial charge is 0.229 e. The van der Waals surface area contributed by atoms with Crippen molar-refractivity contribution in [1.29, 1.82) is 0 Å². The predicted octanol–water partition coefficient (Wildman–Crippen LogP) is 0.168. The molecule has 0 spiro atoms. The Kier molecular flexibility index (Phi) is 6.30. The fourth-order valence-corrected chi connectivity index (χ4v) is 2.57. The van der Waals surface area contributed by atoms with Crippen molar-refractivity contribution in [3.8, 4) is 0 Å². The molecule has 0 saturated carbocycles. The van der Waals surface area contributed by atoms with E-state index in [0.717, 1.165) is 12.2 Å². The van der Waals surface area contributed by atoms with Gasteiger partial charge in [-0.15, -0.1) is 0 Å². The van der Waals surface area contributed by atoms with E-state index in [2.05, 4.69) is 0 Å². The summed E-state index contributed by atoms with van der Waals surface area (Å²) in [5.41, 5.74) is -0.114. The van der Waals surface area contributed by atoms with Crippen LogP contribution in [0.25, 0.3) is 0 Å². The van der Waals surface area contributed by atoms with Crippen LogP contribution in [0.15, 0.2) is 46.3 Å². The van der Waals surface area contributed by atoms with Crippen LogP contribution in [-0.4, -0.2) is 64.8 Å². The van der Waals surface area contributed by atoms with E-state index in [-0.39, 0.29) is 47.4 Å². The van der Waals surface area contributed by atoms with Gasteiger partial charge in [0.05, 0.1) is 52.8 Å². The third kappa shape index (κ3) is 3.82. The summed E-state index contributed by atoms with van der Waals surface area (Å²) in [6.07, 6.45) is 2.05. The van der Waals surface area contributed by atoms with Gasteiger partial charge in [-0.05, 0) is 0 Å². The number of hydrogen-bond acceptors (Lipinski definition) is 9. The molecule has 2 aliphatic carbocycles. The monoisotopic (exact) mass is 378 g/mol. The number of ketones is 4. The first kappa shape index (κ1) is 20.1. The van der Waals surface area contributed by atoms with Gasteiger partial charge in [0.1, 0.15) is 0 Å². The summed E-state index contributed by atoms with van der Waals surface area (Å²) in [6, 6.07) is 0. The molecule has 144 valence electrons. The van der Waals surface area contributed by atoms with E-state index in [1.807, 2.05) is 0 Å². The minimum atomic E-state index is -0.571. The SMILES string of the molecule is COC1=CC(=O)C(OC)=C(COCC2=C(OC)C(=O)C=C(OC)C2=O)C1=O. The number of hydrogen-bond donors (Lipinski definition) is 0. The van der Waals surface area contributed by atoms with E-state index >= 15 is 0 Å². The Morgan fingerprint density at radius 3 is 1.30 bits per heavy atom. The summed E-state index contributed by atoms with van der Waals surface area (Å²) in [6.45, 7) is -0.690. The van der Waals surface area contributed by atoms with Crippen molar-refractivity contribution in [2.24, 2.45) is 0 Å². The number of ether oxygens (including phenoxy) is 5. The molecule has 0 atom stereocenters. The summed E-state index contributed by atoms with van der Waals surface area (Å²) in [4.78, 5) is 48.7. The molecule has 0 aromatic heterocycles. The van der Waals surface area contributed by atoms with E-state index in [1.165, 1.54) is 28.4 Å². The maximum absolute atomic E-state index is 12.3. The van der Waals surface area contributed by atoms with Gasteiger partial charge in [0.15, 0.2) is 23.0 Å². The zero-order valence-corrected chi connectivity index (χ0v) is 15.2. The zero-order chi connectivity index (χ0) is 20.1. The van der Waals surface area contributed by atoms with E-state index < -0.39 is 23.1 Å². The highest BCUT2D eigenvalue weighted by molar-refractivity contribution is 6.22. The molecule has 0 aromatic rings. The van der Waals surface area contributed by atoms with Crippen LogP contribution < -0.4 is 0 Å². The molecule has 0 N–H and O–H groups in total. The molecule has 0 bridgehead atoms. The molecule has 2 aliphatic rings. The van der Waals surface area contributed by atoms with Gasteiger partial charge in [-0.2, -0.15) is 0 Å². The molecular weight excluding hydrogens is 360 g/mol. The summed E-state index contributed by atoms with van der Waals surface area (Å²) in [5.74, 6) is -2.88. The average molecular weight is 378 g/mol. The highest BCUT2D eigenvalue weighted by atomic mass is 16.5. The summed E-state index contributed by atoms with van der Waals surface area (Å²) < 4.78 is 25.1. The summed E-state index contributed by atoms with van der Waals surface area (Å²) in [7, 11) is 5.01. The fraction of sp³-hybridized carbons (Fsp3) is 0.333. The van der Waals surface area contributed by atoms with Crippen LogP contribution in [0.4, 0.5) is 0 Å². The molecule has 0 amide bonds. The van der Waals surface area contributed by atoms with Crippen molar-refractivity contribution in [3.63, 3.8) is 0 Å². The molecule has 0 radical (unpaired) electrons. The lowest BCUT2D eigenvalue weighted by Gasteiger charge is -2.19. The molecule has 0 aliphatic heterocycles. The lowest BCUT2D eigenvalue weighted by molar-refractivity contribution is -0.121. The maximum atomic E-state index is 12.3. The standard InChI is InChI=1S/C18H18O9/c1-23-13-5-11(19)17(25-3)9(15(13)21)7-27-8-10-16(22)14(24-2)6-12(20)18(10)26-4/h5-6H,7-8H2,1-4H3. The molecule has 0 aromatic carbocycles. The maximum Gasteiger partial charge on any atom is 0.229 e. The van der Waals surface area contributed by atoms with Crippen LogP contribution >= 0.6 is 0 Å². The first-order valence-corrected chi connectivity index (χ1v) is 7.71. The first-order chi connectivity index (χ1) is 12.9. The van der Waals surface area contributed by atoms with Crippen molar-refractivity contribution >= 4 is 23.1 Å². The van der Waals surface area contributed by atoms with Crippen molar-refractivity contribution in [2.45, 2.75) is 0 Å². The van der Waals surface area contributed by atoms with Crippen molar-refractivity contribution in [3.05, 3.63) is 46.3 Å². The molecule has 2 rings (SSSR count). The highest BCUT2D eigenvalue weighted by Crippen LogP contribution is 2.23. The van der Waals surface area contributed by atoms with Crippen LogP contribution in [0.3, 0.4) is 0 Å². The van der Waals surface area contributed by atoms with Gasteiger partial charge in [0, 0.05) is 12.2 Å². The Bertz CT molecular complexity index is 756. The topological polar surface area (TPSA) is 114 Å². The number of carbonyl (C=O) groups is 4. The van der Waals surface area contributed by atoms with Crippen LogP contribution in [0, 0.1) is 0 Å². The second-order valence-corrected chi connectivity index (χ2v) is 5.33. The molecule has 0 heterocycles.